The predicted octanol–water partition coefficient (Wildman–Crippen LogP) is 4.60. The third-order valence-electron chi connectivity index (χ3n) is 5.27. The summed E-state index contributed by atoms with van der Waals surface area (Å²) in [7, 11) is 2.99. The molecule has 35 heavy (non-hydrogen) atoms. The van der Waals surface area contributed by atoms with Gasteiger partial charge in [0, 0.05) is 10.6 Å². The average molecular weight is 493 g/mol. The molecule has 4 rings (SSSR count). The number of nitrogens with zero attached hydrogens (tertiary/aromatic N) is 1. The van der Waals surface area contributed by atoms with Crippen molar-refractivity contribution in [3.63, 3.8) is 0 Å². The fourth-order valence-corrected chi connectivity index (χ4v) is 3.64. The first kappa shape index (κ1) is 23.8. The molecule has 0 saturated carbocycles. The van der Waals surface area contributed by atoms with Crippen molar-refractivity contribution < 1.29 is 28.6 Å². The van der Waals surface area contributed by atoms with E-state index in [1.54, 1.807) is 48.5 Å². The summed E-state index contributed by atoms with van der Waals surface area (Å²) in [6.45, 7) is 0.232. The number of urea groups is 1. The molecular formula is C26H21ClN2O6. The molecule has 4 amide bonds. The van der Waals surface area contributed by atoms with E-state index >= 15 is 0 Å². The van der Waals surface area contributed by atoms with Gasteiger partial charge in [0.2, 0.25) is 0 Å². The average Bonchev–Trinajstić information content (AvgIpc) is 2.86. The minimum atomic E-state index is -0.830. The van der Waals surface area contributed by atoms with Gasteiger partial charge < -0.3 is 14.2 Å². The highest BCUT2D eigenvalue weighted by molar-refractivity contribution is 6.39. The van der Waals surface area contributed by atoms with Crippen molar-refractivity contribution in [1.29, 1.82) is 0 Å². The van der Waals surface area contributed by atoms with Gasteiger partial charge in [-0.25, -0.2) is 9.69 Å². The molecule has 1 heterocycles. The molecule has 1 N–H and O–H groups in total. The molecule has 0 radical (unpaired) electrons. The SMILES string of the molecule is COc1ccc(N2C(=O)NC(=O)/C(=C\c3ccc(OCc4ccccc4Cl)c(OC)c3)C2=O)cc1. The molecule has 0 atom stereocenters. The van der Waals surface area contributed by atoms with Gasteiger partial charge in [0.25, 0.3) is 11.8 Å². The number of hydrogen-bond donors (Lipinski definition) is 1. The Morgan fingerprint density at radius 3 is 2.34 bits per heavy atom. The van der Waals surface area contributed by atoms with Crippen molar-refractivity contribution in [2.45, 2.75) is 6.61 Å². The summed E-state index contributed by atoms with van der Waals surface area (Å²) < 4.78 is 16.4. The molecule has 9 heteroatoms. The summed E-state index contributed by atoms with van der Waals surface area (Å²) in [5.41, 5.74) is 1.42. The number of nitrogens with one attached hydrogen (secondary N) is 1. The Hall–Kier alpha value is -4.30. The van der Waals surface area contributed by atoms with E-state index in [-0.39, 0.29) is 12.2 Å². The maximum Gasteiger partial charge on any atom is 0.335 e. The van der Waals surface area contributed by atoms with Crippen LogP contribution in [0.5, 0.6) is 17.2 Å². The second-order valence-electron chi connectivity index (χ2n) is 7.45. The van der Waals surface area contributed by atoms with Gasteiger partial charge in [0.1, 0.15) is 17.9 Å². The first-order valence-electron chi connectivity index (χ1n) is 10.5. The van der Waals surface area contributed by atoms with E-state index < -0.39 is 17.8 Å². The van der Waals surface area contributed by atoms with E-state index in [4.69, 9.17) is 25.8 Å². The third kappa shape index (κ3) is 5.12. The highest BCUT2D eigenvalue weighted by atomic mass is 35.5. The van der Waals surface area contributed by atoms with E-state index in [0.29, 0.717) is 33.5 Å². The molecule has 3 aromatic carbocycles. The number of halogens is 1. The van der Waals surface area contributed by atoms with Crippen LogP contribution in [0.4, 0.5) is 10.5 Å². The molecule has 178 valence electrons. The van der Waals surface area contributed by atoms with E-state index in [1.165, 1.54) is 20.3 Å². The second kappa shape index (κ2) is 10.3. The van der Waals surface area contributed by atoms with Crippen LogP contribution in [0.15, 0.2) is 72.3 Å². The lowest BCUT2D eigenvalue weighted by molar-refractivity contribution is -0.122. The van der Waals surface area contributed by atoms with E-state index in [2.05, 4.69) is 5.32 Å². The number of carbonyl (C=O) groups is 3. The van der Waals surface area contributed by atoms with Crippen molar-refractivity contribution in [3.05, 3.63) is 88.5 Å². The van der Waals surface area contributed by atoms with Gasteiger partial charge in [-0.3, -0.25) is 14.9 Å². The molecule has 0 aliphatic carbocycles. The van der Waals surface area contributed by atoms with Crippen LogP contribution < -0.4 is 24.4 Å². The summed E-state index contributed by atoms with van der Waals surface area (Å²) in [6.07, 6.45) is 1.39. The molecule has 3 aromatic rings. The van der Waals surface area contributed by atoms with E-state index in [0.717, 1.165) is 10.5 Å². The normalized spacial score (nSPS) is 14.7. The van der Waals surface area contributed by atoms with Crippen LogP contribution in [0.25, 0.3) is 6.08 Å². The Bertz CT molecular complexity index is 1320. The minimum Gasteiger partial charge on any atom is -0.497 e. The lowest BCUT2D eigenvalue weighted by atomic mass is 10.1. The molecule has 0 spiro atoms. The van der Waals surface area contributed by atoms with Crippen molar-refractivity contribution in [2.75, 3.05) is 19.1 Å². The molecule has 1 aliphatic heterocycles. The molecule has 1 fully saturated rings. The lowest BCUT2D eigenvalue weighted by Gasteiger charge is -2.26. The number of carbonyl (C=O) groups excluding carboxylic acids is 3. The van der Waals surface area contributed by atoms with Crippen LogP contribution in [-0.4, -0.2) is 32.1 Å². The summed E-state index contributed by atoms with van der Waals surface area (Å²) in [6, 6.07) is 17.8. The topological polar surface area (TPSA) is 94.2 Å². The maximum atomic E-state index is 13.1. The van der Waals surface area contributed by atoms with Crippen LogP contribution in [0.1, 0.15) is 11.1 Å². The third-order valence-corrected chi connectivity index (χ3v) is 5.64. The summed E-state index contributed by atoms with van der Waals surface area (Å²) >= 11 is 6.18. The number of methoxy groups -OCH3 is 2. The fourth-order valence-electron chi connectivity index (χ4n) is 3.45. The number of benzene rings is 3. The predicted molar refractivity (Wildman–Crippen MR) is 131 cm³/mol. The first-order valence-corrected chi connectivity index (χ1v) is 10.9. The van der Waals surface area contributed by atoms with Gasteiger partial charge in [-0.05, 0) is 54.1 Å². The zero-order valence-electron chi connectivity index (χ0n) is 18.9. The summed E-state index contributed by atoms with van der Waals surface area (Å²) in [5, 5.41) is 2.79. The van der Waals surface area contributed by atoms with Crippen molar-refractivity contribution in [2.24, 2.45) is 0 Å². The van der Waals surface area contributed by atoms with Crippen LogP contribution in [0.2, 0.25) is 5.02 Å². The van der Waals surface area contributed by atoms with Crippen molar-refractivity contribution in [3.8, 4) is 17.2 Å². The Balaban J connectivity index is 1.59. The zero-order chi connectivity index (χ0) is 24.9. The van der Waals surface area contributed by atoms with E-state index in [9.17, 15) is 14.4 Å². The molecule has 1 saturated heterocycles. The monoisotopic (exact) mass is 492 g/mol. The molecule has 8 nitrogen and oxygen atoms in total. The molecule has 0 bridgehead atoms. The van der Waals surface area contributed by atoms with Crippen LogP contribution >= 0.6 is 11.6 Å². The standard InChI is InChI=1S/C26H21ClN2O6/c1-33-19-10-8-18(9-11-19)29-25(31)20(24(30)28-26(29)32)13-16-7-12-22(23(14-16)34-2)35-15-17-5-3-4-6-21(17)27/h3-14H,15H2,1-2H3,(H,28,30,32)/b20-13+. The Kier molecular flexibility index (Phi) is 7.03. The number of imide groups is 2. The van der Waals surface area contributed by atoms with E-state index in [1.807, 2.05) is 18.2 Å². The van der Waals surface area contributed by atoms with Gasteiger partial charge in [0.15, 0.2) is 11.5 Å². The van der Waals surface area contributed by atoms with Gasteiger partial charge in [-0.1, -0.05) is 35.9 Å². The molecular weight excluding hydrogens is 472 g/mol. The fraction of sp³-hybridized carbons (Fsp3) is 0.115. The number of anilines is 1. The summed E-state index contributed by atoms with van der Waals surface area (Å²) in [4.78, 5) is 38.9. The van der Waals surface area contributed by atoms with Crippen LogP contribution in [0.3, 0.4) is 0 Å². The highest BCUT2D eigenvalue weighted by Crippen LogP contribution is 2.31. The lowest BCUT2D eigenvalue weighted by Crippen LogP contribution is -2.54. The van der Waals surface area contributed by atoms with Crippen molar-refractivity contribution in [1.82, 2.24) is 5.32 Å². The Morgan fingerprint density at radius 2 is 1.66 bits per heavy atom. The second-order valence-corrected chi connectivity index (χ2v) is 7.85. The Labute approximate surface area is 206 Å². The van der Waals surface area contributed by atoms with Gasteiger partial charge in [0.05, 0.1) is 19.9 Å². The smallest absolute Gasteiger partial charge is 0.335 e. The maximum absolute atomic E-state index is 13.1. The Morgan fingerprint density at radius 1 is 0.914 bits per heavy atom. The van der Waals surface area contributed by atoms with Crippen LogP contribution in [-0.2, 0) is 16.2 Å². The van der Waals surface area contributed by atoms with Gasteiger partial charge in [-0.15, -0.1) is 0 Å². The number of amides is 4. The minimum absolute atomic E-state index is 0.202. The number of barbiturate groups is 1. The van der Waals surface area contributed by atoms with Gasteiger partial charge >= 0.3 is 6.03 Å². The molecule has 0 aromatic heterocycles. The molecule has 0 unspecified atom stereocenters. The van der Waals surface area contributed by atoms with Crippen molar-refractivity contribution >= 4 is 41.2 Å². The van der Waals surface area contributed by atoms with Gasteiger partial charge in [-0.2, -0.15) is 0 Å². The zero-order valence-corrected chi connectivity index (χ0v) is 19.7. The number of hydrogen-bond acceptors (Lipinski definition) is 6. The quantitative estimate of drug-likeness (QED) is 0.382. The highest BCUT2D eigenvalue weighted by Gasteiger charge is 2.36. The summed E-state index contributed by atoms with van der Waals surface area (Å²) in [5.74, 6) is -0.110. The number of rotatable bonds is 7. The number of ether oxygens (including phenoxy) is 3. The van der Waals surface area contributed by atoms with Crippen LogP contribution in [0, 0.1) is 0 Å². The first-order chi connectivity index (χ1) is 16.9. The largest absolute Gasteiger partial charge is 0.497 e. The molecule has 1 aliphatic rings.